The molecular weight excluding hydrogens is 300 g/mol. The normalized spacial score (nSPS) is 24.0. The molecule has 0 aliphatic heterocycles. The van der Waals surface area contributed by atoms with Crippen molar-refractivity contribution in [2.75, 3.05) is 7.11 Å². The van der Waals surface area contributed by atoms with Crippen molar-refractivity contribution in [3.05, 3.63) is 34.9 Å². The molecule has 4 atom stereocenters. The fourth-order valence-corrected chi connectivity index (χ4v) is 3.35. The van der Waals surface area contributed by atoms with Crippen LogP contribution in [0.15, 0.2) is 24.3 Å². The number of rotatable bonds is 6. The molecule has 3 N–H and O–H groups in total. The molecule has 0 spiro atoms. The van der Waals surface area contributed by atoms with Crippen molar-refractivity contribution in [1.29, 1.82) is 0 Å². The SMILES string of the molecule is COC(c1ccc(Cl)cc1)C(C)NC(=O)C[C@@H]1CCC[C@H]1N. The fourth-order valence-electron chi connectivity index (χ4n) is 3.23. The van der Waals surface area contributed by atoms with E-state index in [4.69, 9.17) is 22.1 Å². The topological polar surface area (TPSA) is 64.3 Å². The predicted octanol–water partition coefficient (Wildman–Crippen LogP) is 3.05. The van der Waals surface area contributed by atoms with Gasteiger partial charge in [-0.2, -0.15) is 0 Å². The number of benzene rings is 1. The number of carbonyl (C=O) groups excluding carboxylic acids is 1. The van der Waals surface area contributed by atoms with Crippen LogP contribution in [-0.4, -0.2) is 25.1 Å². The van der Waals surface area contributed by atoms with Gasteiger partial charge in [-0.3, -0.25) is 4.79 Å². The van der Waals surface area contributed by atoms with Gasteiger partial charge in [0.25, 0.3) is 0 Å². The Balaban J connectivity index is 1.92. The number of carbonyl (C=O) groups is 1. The quantitative estimate of drug-likeness (QED) is 0.845. The van der Waals surface area contributed by atoms with Crippen LogP contribution in [0.1, 0.15) is 44.3 Å². The number of methoxy groups -OCH3 is 1. The lowest BCUT2D eigenvalue weighted by Crippen LogP contribution is -2.39. The second-order valence-corrected chi connectivity index (χ2v) is 6.56. The van der Waals surface area contributed by atoms with E-state index in [-0.39, 0.29) is 24.1 Å². The summed E-state index contributed by atoms with van der Waals surface area (Å²) in [7, 11) is 1.65. The van der Waals surface area contributed by atoms with Crippen LogP contribution >= 0.6 is 11.6 Å². The minimum atomic E-state index is -0.196. The third-order valence-corrected chi connectivity index (χ3v) is 4.71. The van der Waals surface area contributed by atoms with Crippen molar-refractivity contribution < 1.29 is 9.53 Å². The molecule has 0 saturated heterocycles. The first-order valence-corrected chi connectivity index (χ1v) is 8.22. The summed E-state index contributed by atoms with van der Waals surface area (Å²) in [5.41, 5.74) is 7.03. The van der Waals surface area contributed by atoms with E-state index in [1.54, 1.807) is 7.11 Å². The second kappa shape index (κ2) is 7.95. The highest BCUT2D eigenvalue weighted by atomic mass is 35.5. The minimum Gasteiger partial charge on any atom is -0.375 e. The molecule has 0 aromatic heterocycles. The van der Waals surface area contributed by atoms with E-state index in [0.717, 1.165) is 24.8 Å². The van der Waals surface area contributed by atoms with Crippen LogP contribution in [0.2, 0.25) is 5.02 Å². The third kappa shape index (κ3) is 4.45. The van der Waals surface area contributed by atoms with E-state index in [0.29, 0.717) is 17.4 Å². The van der Waals surface area contributed by atoms with Crippen molar-refractivity contribution in [1.82, 2.24) is 5.32 Å². The Morgan fingerprint density at radius 3 is 2.64 bits per heavy atom. The van der Waals surface area contributed by atoms with Crippen molar-refractivity contribution in [3.63, 3.8) is 0 Å². The van der Waals surface area contributed by atoms with Gasteiger partial charge in [-0.15, -0.1) is 0 Å². The summed E-state index contributed by atoms with van der Waals surface area (Å²) < 4.78 is 5.55. The maximum atomic E-state index is 12.2. The van der Waals surface area contributed by atoms with E-state index in [1.807, 2.05) is 31.2 Å². The van der Waals surface area contributed by atoms with Gasteiger partial charge in [0.1, 0.15) is 6.10 Å². The van der Waals surface area contributed by atoms with Crippen molar-refractivity contribution in [2.24, 2.45) is 11.7 Å². The fraction of sp³-hybridized carbons (Fsp3) is 0.588. The lowest BCUT2D eigenvalue weighted by Gasteiger charge is -2.25. The molecule has 0 radical (unpaired) electrons. The molecule has 1 aliphatic carbocycles. The summed E-state index contributed by atoms with van der Waals surface area (Å²) in [5.74, 6) is 0.356. The van der Waals surface area contributed by atoms with Gasteiger partial charge in [0.15, 0.2) is 0 Å². The molecule has 0 heterocycles. The first-order chi connectivity index (χ1) is 10.5. The molecule has 1 amide bonds. The van der Waals surface area contributed by atoms with Gasteiger partial charge < -0.3 is 15.8 Å². The molecule has 1 saturated carbocycles. The van der Waals surface area contributed by atoms with E-state index in [2.05, 4.69) is 5.32 Å². The Hall–Kier alpha value is -1.10. The first kappa shape index (κ1) is 17.3. The zero-order chi connectivity index (χ0) is 16.1. The predicted molar refractivity (Wildman–Crippen MR) is 88.7 cm³/mol. The Kier molecular flexibility index (Phi) is 6.24. The number of ether oxygens (including phenoxy) is 1. The zero-order valence-electron chi connectivity index (χ0n) is 13.2. The summed E-state index contributed by atoms with van der Waals surface area (Å²) in [6, 6.07) is 7.55. The van der Waals surface area contributed by atoms with Gasteiger partial charge in [-0.1, -0.05) is 30.2 Å². The molecule has 5 heteroatoms. The van der Waals surface area contributed by atoms with Gasteiger partial charge in [0, 0.05) is 24.6 Å². The minimum absolute atomic E-state index is 0.0471. The van der Waals surface area contributed by atoms with Crippen LogP contribution in [0.5, 0.6) is 0 Å². The van der Waals surface area contributed by atoms with Crippen LogP contribution in [0.3, 0.4) is 0 Å². The summed E-state index contributed by atoms with van der Waals surface area (Å²) in [4.78, 5) is 12.2. The maximum Gasteiger partial charge on any atom is 0.220 e. The summed E-state index contributed by atoms with van der Waals surface area (Å²) in [5, 5.41) is 3.72. The average Bonchev–Trinajstić information content (AvgIpc) is 2.87. The Morgan fingerprint density at radius 1 is 1.41 bits per heavy atom. The molecule has 1 fully saturated rings. The lowest BCUT2D eigenvalue weighted by atomic mass is 9.98. The molecule has 1 aliphatic rings. The number of nitrogens with two attached hydrogens (primary N) is 1. The second-order valence-electron chi connectivity index (χ2n) is 6.12. The van der Waals surface area contributed by atoms with Crippen LogP contribution in [-0.2, 0) is 9.53 Å². The highest BCUT2D eigenvalue weighted by Crippen LogP contribution is 2.27. The lowest BCUT2D eigenvalue weighted by molar-refractivity contribution is -0.123. The molecule has 4 nitrogen and oxygen atoms in total. The van der Waals surface area contributed by atoms with E-state index >= 15 is 0 Å². The Bertz CT molecular complexity index is 492. The van der Waals surface area contributed by atoms with Gasteiger partial charge in [0.2, 0.25) is 5.91 Å². The largest absolute Gasteiger partial charge is 0.375 e. The van der Waals surface area contributed by atoms with Gasteiger partial charge in [0.05, 0.1) is 6.04 Å². The van der Waals surface area contributed by atoms with Crippen LogP contribution in [0.4, 0.5) is 0 Å². The molecule has 2 unspecified atom stereocenters. The summed E-state index contributed by atoms with van der Waals surface area (Å²) >= 11 is 5.91. The Labute approximate surface area is 137 Å². The number of hydrogen-bond donors (Lipinski definition) is 2. The Morgan fingerprint density at radius 2 is 2.09 bits per heavy atom. The van der Waals surface area contributed by atoms with E-state index < -0.39 is 0 Å². The van der Waals surface area contributed by atoms with Crippen LogP contribution in [0.25, 0.3) is 0 Å². The summed E-state index contributed by atoms with van der Waals surface area (Å²) in [6.07, 6.45) is 3.51. The number of hydrogen-bond acceptors (Lipinski definition) is 3. The first-order valence-electron chi connectivity index (χ1n) is 7.84. The zero-order valence-corrected chi connectivity index (χ0v) is 14.0. The van der Waals surface area contributed by atoms with E-state index in [9.17, 15) is 4.79 Å². The molecule has 22 heavy (non-hydrogen) atoms. The van der Waals surface area contributed by atoms with Gasteiger partial charge in [-0.25, -0.2) is 0 Å². The smallest absolute Gasteiger partial charge is 0.220 e. The van der Waals surface area contributed by atoms with Gasteiger partial charge in [-0.05, 0) is 43.4 Å². The van der Waals surface area contributed by atoms with Crippen molar-refractivity contribution in [3.8, 4) is 0 Å². The molecule has 1 aromatic rings. The molecule has 122 valence electrons. The number of amides is 1. The molecule has 2 rings (SSSR count). The molecule has 1 aromatic carbocycles. The average molecular weight is 325 g/mol. The maximum absolute atomic E-state index is 12.2. The van der Waals surface area contributed by atoms with E-state index in [1.165, 1.54) is 0 Å². The number of halogens is 1. The molecule has 0 bridgehead atoms. The van der Waals surface area contributed by atoms with Crippen molar-refractivity contribution in [2.45, 2.75) is 50.8 Å². The van der Waals surface area contributed by atoms with Crippen LogP contribution in [0, 0.1) is 5.92 Å². The standard InChI is InChI=1S/C17H25ClN2O2/c1-11(17(22-2)12-6-8-14(18)9-7-12)20-16(21)10-13-4-3-5-15(13)19/h6-9,11,13,15,17H,3-5,10,19H2,1-2H3,(H,20,21)/t11?,13-,15+,17?/m0/s1. The molecular formula is C17H25ClN2O2. The number of nitrogens with one attached hydrogen (secondary N) is 1. The van der Waals surface area contributed by atoms with Crippen LogP contribution < -0.4 is 11.1 Å². The van der Waals surface area contributed by atoms with Crippen molar-refractivity contribution >= 4 is 17.5 Å². The highest BCUT2D eigenvalue weighted by Gasteiger charge is 2.27. The highest BCUT2D eigenvalue weighted by molar-refractivity contribution is 6.30. The third-order valence-electron chi connectivity index (χ3n) is 4.46. The van der Waals surface area contributed by atoms with Gasteiger partial charge >= 0.3 is 0 Å². The summed E-state index contributed by atoms with van der Waals surface area (Å²) in [6.45, 7) is 1.95. The monoisotopic (exact) mass is 324 g/mol.